The van der Waals surface area contributed by atoms with E-state index in [1.807, 2.05) is 30.3 Å². The highest BCUT2D eigenvalue weighted by Gasteiger charge is 2.21. The monoisotopic (exact) mass is 343 g/mol. The summed E-state index contributed by atoms with van der Waals surface area (Å²) in [6.07, 6.45) is 5.34. The van der Waals surface area contributed by atoms with E-state index in [1.54, 1.807) is 30.3 Å². The van der Waals surface area contributed by atoms with Crippen LogP contribution in [0.1, 0.15) is 37.7 Å². The van der Waals surface area contributed by atoms with Crippen molar-refractivity contribution in [1.29, 1.82) is 0 Å². The molecule has 1 fully saturated rings. The maximum atomic E-state index is 12.6. The van der Waals surface area contributed by atoms with Gasteiger partial charge in [-0.1, -0.05) is 42.8 Å². The van der Waals surface area contributed by atoms with Gasteiger partial charge >= 0.3 is 0 Å². The number of hydrogen-bond donors (Lipinski definition) is 0. The molecule has 3 rings (SSSR count). The quantitative estimate of drug-likeness (QED) is 0.618. The second kappa shape index (κ2) is 7.62. The number of nitrogens with zero attached hydrogens (tertiary/aromatic N) is 1. The van der Waals surface area contributed by atoms with Crippen molar-refractivity contribution in [3.63, 3.8) is 0 Å². The van der Waals surface area contributed by atoms with Crippen LogP contribution in [0.2, 0.25) is 0 Å². The predicted octanol–water partition coefficient (Wildman–Crippen LogP) is 4.17. The van der Waals surface area contributed by atoms with Crippen molar-refractivity contribution in [2.24, 2.45) is 4.40 Å². The Morgan fingerprint density at radius 1 is 0.875 bits per heavy atom. The van der Waals surface area contributed by atoms with Gasteiger partial charge in [-0.2, -0.15) is 8.42 Å². The fraction of sp³-hybridized carbons (Fsp3) is 0.316. The van der Waals surface area contributed by atoms with Gasteiger partial charge in [-0.25, -0.2) is 0 Å². The fourth-order valence-corrected chi connectivity index (χ4v) is 3.79. The molecule has 2 aromatic rings. The van der Waals surface area contributed by atoms with Crippen LogP contribution in [-0.2, 0) is 14.8 Å². The van der Waals surface area contributed by atoms with Crippen molar-refractivity contribution < 1.29 is 13.2 Å². The molecular formula is C19H21NO3S. The first kappa shape index (κ1) is 16.7. The van der Waals surface area contributed by atoms with Crippen molar-refractivity contribution in [2.45, 2.75) is 43.1 Å². The second-order valence-electron chi connectivity index (χ2n) is 5.93. The zero-order valence-electron chi connectivity index (χ0n) is 13.5. The highest BCUT2D eigenvalue weighted by Crippen LogP contribution is 2.23. The first-order valence-corrected chi connectivity index (χ1v) is 9.71. The molecule has 0 unspecified atom stereocenters. The lowest BCUT2D eigenvalue weighted by Gasteiger charge is -2.23. The van der Waals surface area contributed by atoms with Crippen molar-refractivity contribution in [2.75, 3.05) is 0 Å². The van der Waals surface area contributed by atoms with Gasteiger partial charge in [-0.3, -0.25) is 0 Å². The summed E-state index contributed by atoms with van der Waals surface area (Å²) in [5.41, 5.74) is 0.683. The number of sulfonamides is 1. The lowest BCUT2D eigenvalue weighted by molar-refractivity contribution is 0.144. The Kier molecular flexibility index (Phi) is 5.30. The molecule has 126 valence electrons. The van der Waals surface area contributed by atoms with Gasteiger partial charge in [0.15, 0.2) is 0 Å². The van der Waals surface area contributed by atoms with E-state index in [-0.39, 0.29) is 16.9 Å². The molecule has 0 spiro atoms. The minimum Gasteiger partial charge on any atom is -0.473 e. The van der Waals surface area contributed by atoms with Crippen LogP contribution in [0, 0.1) is 0 Å². The van der Waals surface area contributed by atoms with Crippen LogP contribution >= 0.6 is 0 Å². The van der Waals surface area contributed by atoms with Gasteiger partial charge in [0.2, 0.25) is 5.90 Å². The van der Waals surface area contributed by atoms with Crippen molar-refractivity contribution in [3.05, 3.63) is 66.2 Å². The summed E-state index contributed by atoms with van der Waals surface area (Å²) >= 11 is 0. The van der Waals surface area contributed by atoms with E-state index in [0.29, 0.717) is 5.56 Å². The Hall–Kier alpha value is -2.14. The zero-order chi connectivity index (χ0) is 16.8. The van der Waals surface area contributed by atoms with E-state index >= 15 is 0 Å². The Bertz CT molecular complexity index is 780. The largest absolute Gasteiger partial charge is 0.473 e. The summed E-state index contributed by atoms with van der Waals surface area (Å²) < 4.78 is 35.2. The highest BCUT2D eigenvalue weighted by atomic mass is 32.2. The van der Waals surface area contributed by atoms with Crippen LogP contribution in [0.25, 0.3) is 0 Å². The van der Waals surface area contributed by atoms with Crippen LogP contribution in [0.15, 0.2) is 70.0 Å². The summed E-state index contributed by atoms with van der Waals surface area (Å²) in [6.45, 7) is 0. The third-order valence-electron chi connectivity index (χ3n) is 4.10. The average molecular weight is 343 g/mol. The van der Waals surface area contributed by atoms with E-state index in [4.69, 9.17) is 4.74 Å². The third kappa shape index (κ3) is 4.23. The maximum Gasteiger partial charge on any atom is 0.285 e. The van der Waals surface area contributed by atoms with Crippen LogP contribution in [0.5, 0.6) is 0 Å². The molecule has 1 aliphatic rings. The zero-order valence-corrected chi connectivity index (χ0v) is 14.3. The lowest BCUT2D eigenvalue weighted by atomic mass is 9.98. The second-order valence-corrected chi connectivity index (χ2v) is 7.53. The molecule has 5 heteroatoms. The predicted molar refractivity (Wildman–Crippen MR) is 94.6 cm³/mol. The topological polar surface area (TPSA) is 55.7 Å². The Morgan fingerprint density at radius 3 is 2.08 bits per heavy atom. The third-order valence-corrected chi connectivity index (χ3v) is 5.37. The smallest absolute Gasteiger partial charge is 0.285 e. The molecule has 0 heterocycles. The SMILES string of the molecule is O=S(=O)(N=C(OC1CCCCC1)c1ccccc1)c1ccccc1. The Morgan fingerprint density at radius 2 is 1.46 bits per heavy atom. The molecule has 24 heavy (non-hydrogen) atoms. The molecule has 0 atom stereocenters. The van der Waals surface area contributed by atoms with Crippen molar-refractivity contribution in [1.82, 2.24) is 0 Å². The molecule has 1 aliphatic carbocycles. The standard InChI is InChI=1S/C19H21NO3S/c21-24(22,18-14-8-3-9-15-18)20-19(16-10-4-1-5-11-16)23-17-12-6-2-7-13-17/h1,3-5,8-11,14-15,17H,2,6-7,12-13H2. The average Bonchev–Trinajstić information content (AvgIpc) is 2.63. The van der Waals surface area contributed by atoms with Crippen LogP contribution in [0.3, 0.4) is 0 Å². The summed E-state index contributed by atoms with van der Waals surface area (Å²) in [4.78, 5) is 0.172. The minimum absolute atomic E-state index is 0.0312. The molecule has 0 radical (unpaired) electrons. The van der Waals surface area contributed by atoms with E-state index < -0.39 is 10.0 Å². The molecule has 0 aliphatic heterocycles. The molecule has 0 saturated heterocycles. The lowest BCUT2D eigenvalue weighted by Crippen LogP contribution is -2.22. The summed E-state index contributed by atoms with van der Waals surface area (Å²) in [7, 11) is -3.80. The molecule has 4 nitrogen and oxygen atoms in total. The van der Waals surface area contributed by atoms with E-state index in [2.05, 4.69) is 4.40 Å². The van der Waals surface area contributed by atoms with Gasteiger partial charge in [0, 0.05) is 5.56 Å². The Balaban J connectivity index is 1.94. The normalized spacial score (nSPS) is 16.8. The van der Waals surface area contributed by atoms with Gasteiger partial charge < -0.3 is 4.74 Å². The molecule has 0 aromatic heterocycles. The number of ether oxygens (including phenoxy) is 1. The summed E-state index contributed by atoms with van der Waals surface area (Å²) in [6, 6.07) is 17.5. The summed E-state index contributed by atoms with van der Waals surface area (Å²) in [5, 5.41) is 0. The first-order chi connectivity index (χ1) is 11.6. The van der Waals surface area contributed by atoms with Gasteiger partial charge in [0.05, 0.1) is 4.90 Å². The number of benzene rings is 2. The number of rotatable bonds is 4. The van der Waals surface area contributed by atoms with Crippen LogP contribution in [-0.4, -0.2) is 20.4 Å². The summed E-state index contributed by atoms with van der Waals surface area (Å²) in [5.74, 6) is 0.186. The van der Waals surface area contributed by atoms with Crippen LogP contribution in [0.4, 0.5) is 0 Å². The van der Waals surface area contributed by atoms with Gasteiger partial charge in [0.1, 0.15) is 6.10 Å². The van der Waals surface area contributed by atoms with Crippen molar-refractivity contribution >= 4 is 15.9 Å². The molecule has 2 aromatic carbocycles. The van der Waals surface area contributed by atoms with E-state index in [1.165, 1.54) is 6.42 Å². The fourth-order valence-electron chi connectivity index (χ4n) is 2.82. The molecule has 0 bridgehead atoms. The molecule has 0 amide bonds. The highest BCUT2D eigenvalue weighted by molar-refractivity contribution is 7.90. The molecular weight excluding hydrogens is 322 g/mol. The van der Waals surface area contributed by atoms with Gasteiger partial charge in [-0.15, -0.1) is 4.40 Å². The minimum atomic E-state index is -3.80. The maximum absolute atomic E-state index is 12.6. The molecule has 0 N–H and O–H groups in total. The first-order valence-electron chi connectivity index (χ1n) is 8.27. The Labute approximate surface area is 143 Å². The van der Waals surface area contributed by atoms with Gasteiger partial charge in [-0.05, 0) is 49.9 Å². The van der Waals surface area contributed by atoms with Crippen LogP contribution < -0.4 is 0 Å². The van der Waals surface area contributed by atoms with E-state index in [9.17, 15) is 8.42 Å². The molecule has 1 saturated carbocycles. The number of hydrogen-bond acceptors (Lipinski definition) is 3. The van der Waals surface area contributed by atoms with Crippen molar-refractivity contribution in [3.8, 4) is 0 Å². The van der Waals surface area contributed by atoms with E-state index in [0.717, 1.165) is 25.7 Å². The van der Waals surface area contributed by atoms with Gasteiger partial charge in [0.25, 0.3) is 10.0 Å².